The Bertz CT molecular complexity index is 427. The lowest BCUT2D eigenvalue weighted by atomic mass is 10.2. The molecule has 5 heteroatoms. The number of rotatable bonds is 3. The van der Waals surface area contributed by atoms with E-state index in [2.05, 4.69) is 20.5 Å². The monoisotopic (exact) mass is 222 g/mol. The second-order valence-electron chi connectivity index (χ2n) is 3.25. The first-order valence-electron chi connectivity index (χ1n) is 4.62. The summed E-state index contributed by atoms with van der Waals surface area (Å²) in [5.41, 5.74) is 1.96. The summed E-state index contributed by atoms with van der Waals surface area (Å²) in [4.78, 5) is 3.92. The van der Waals surface area contributed by atoms with Crippen molar-refractivity contribution in [1.82, 2.24) is 15.2 Å². The van der Waals surface area contributed by atoms with Crippen molar-refractivity contribution in [2.24, 2.45) is 0 Å². The van der Waals surface area contributed by atoms with Crippen LogP contribution in [0.5, 0.6) is 0 Å². The van der Waals surface area contributed by atoms with Gasteiger partial charge >= 0.3 is 0 Å². The van der Waals surface area contributed by atoms with Gasteiger partial charge in [0, 0.05) is 24.2 Å². The van der Waals surface area contributed by atoms with E-state index in [0.717, 1.165) is 11.3 Å². The van der Waals surface area contributed by atoms with Crippen LogP contribution in [0.1, 0.15) is 18.5 Å². The van der Waals surface area contributed by atoms with Crippen molar-refractivity contribution >= 4 is 17.3 Å². The molecule has 0 radical (unpaired) electrons. The molecule has 4 nitrogen and oxygen atoms in total. The van der Waals surface area contributed by atoms with Crippen molar-refractivity contribution < 1.29 is 0 Å². The fourth-order valence-corrected chi connectivity index (χ4v) is 1.48. The molecule has 2 rings (SSSR count). The lowest BCUT2D eigenvalue weighted by molar-refractivity contribution is 0.885. The van der Waals surface area contributed by atoms with Crippen molar-refractivity contribution in [2.45, 2.75) is 13.0 Å². The van der Waals surface area contributed by atoms with E-state index >= 15 is 0 Å². The maximum atomic E-state index is 5.98. The normalized spacial score (nSPS) is 12.4. The molecule has 0 saturated heterocycles. The number of nitrogens with one attached hydrogen (secondary N) is 2. The fraction of sp³-hybridized carbons (Fsp3) is 0.200. The van der Waals surface area contributed by atoms with Crippen LogP contribution >= 0.6 is 11.6 Å². The predicted molar refractivity (Wildman–Crippen MR) is 59.9 cm³/mol. The number of anilines is 1. The topological polar surface area (TPSA) is 53.6 Å². The fourth-order valence-electron chi connectivity index (χ4n) is 1.31. The molecule has 0 saturated carbocycles. The van der Waals surface area contributed by atoms with Crippen molar-refractivity contribution in [3.8, 4) is 0 Å². The third-order valence-electron chi connectivity index (χ3n) is 2.16. The number of halogens is 1. The molecule has 1 unspecified atom stereocenters. The van der Waals surface area contributed by atoms with Gasteiger partial charge in [-0.15, -0.1) is 0 Å². The number of hydrogen-bond donors (Lipinski definition) is 2. The van der Waals surface area contributed by atoms with Gasteiger partial charge in [-0.2, -0.15) is 5.10 Å². The minimum Gasteiger partial charge on any atom is -0.377 e. The van der Waals surface area contributed by atoms with Crippen LogP contribution in [0.2, 0.25) is 5.02 Å². The zero-order valence-electron chi connectivity index (χ0n) is 8.24. The second-order valence-corrected chi connectivity index (χ2v) is 3.66. The van der Waals surface area contributed by atoms with Gasteiger partial charge in [-0.05, 0) is 13.0 Å². The Morgan fingerprint density at radius 1 is 1.47 bits per heavy atom. The van der Waals surface area contributed by atoms with Gasteiger partial charge in [-0.1, -0.05) is 11.6 Å². The van der Waals surface area contributed by atoms with Gasteiger partial charge in [-0.25, -0.2) is 0 Å². The number of pyridine rings is 1. The highest BCUT2D eigenvalue weighted by Gasteiger charge is 2.07. The predicted octanol–water partition coefficient (Wildman–Crippen LogP) is 2.63. The number of aromatic amines is 1. The summed E-state index contributed by atoms with van der Waals surface area (Å²) < 4.78 is 0. The zero-order chi connectivity index (χ0) is 10.7. The average molecular weight is 223 g/mol. The summed E-state index contributed by atoms with van der Waals surface area (Å²) in [6.45, 7) is 2.04. The van der Waals surface area contributed by atoms with Gasteiger partial charge in [0.1, 0.15) is 0 Å². The van der Waals surface area contributed by atoms with Crippen LogP contribution in [0.25, 0.3) is 0 Å². The molecule has 2 N–H and O–H groups in total. The van der Waals surface area contributed by atoms with Crippen LogP contribution in [0, 0.1) is 0 Å². The van der Waals surface area contributed by atoms with E-state index in [-0.39, 0.29) is 6.04 Å². The summed E-state index contributed by atoms with van der Waals surface area (Å²) in [6, 6.07) is 2.00. The molecule has 0 aliphatic carbocycles. The molecule has 2 heterocycles. The van der Waals surface area contributed by atoms with E-state index in [9.17, 15) is 0 Å². The third kappa shape index (κ3) is 2.27. The summed E-state index contributed by atoms with van der Waals surface area (Å²) in [6.07, 6.45) is 6.96. The molecule has 2 aromatic heterocycles. The highest BCUT2D eigenvalue weighted by Crippen LogP contribution is 2.24. The molecule has 0 aromatic carbocycles. The van der Waals surface area contributed by atoms with Crippen LogP contribution < -0.4 is 5.32 Å². The summed E-state index contributed by atoms with van der Waals surface area (Å²) >= 11 is 5.98. The maximum Gasteiger partial charge on any atom is 0.0820 e. The number of nitrogens with zero attached hydrogens (tertiary/aromatic N) is 2. The third-order valence-corrected chi connectivity index (χ3v) is 2.47. The molecule has 0 fully saturated rings. The van der Waals surface area contributed by atoms with Gasteiger partial charge in [0.2, 0.25) is 0 Å². The van der Waals surface area contributed by atoms with E-state index in [1.807, 2.05) is 19.2 Å². The van der Waals surface area contributed by atoms with Crippen LogP contribution in [0.4, 0.5) is 5.69 Å². The Hall–Kier alpha value is -1.55. The second kappa shape index (κ2) is 4.31. The Morgan fingerprint density at radius 3 is 3.00 bits per heavy atom. The molecule has 15 heavy (non-hydrogen) atoms. The van der Waals surface area contributed by atoms with E-state index in [1.54, 1.807) is 18.6 Å². The molecule has 0 aliphatic heterocycles. The average Bonchev–Trinajstić information content (AvgIpc) is 2.74. The van der Waals surface area contributed by atoms with Gasteiger partial charge in [0.15, 0.2) is 0 Å². The standard InChI is InChI=1S/C10H11ClN4/c1-7(8-4-13-14-5-8)15-10-2-3-12-6-9(10)11/h2-7H,1H3,(H,12,15)(H,13,14). The SMILES string of the molecule is CC(Nc1ccncc1Cl)c1cn[nH]c1. The number of aromatic nitrogens is 3. The van der Waals surface area contributed by atoms with Crippen molar-refractivity contribution in [3.05, 3.63) is 41.4 Å². The van der Waals surface area contributed by atoms with Crippen molar-refractivity contribution in [1.29, 1.82) is 0 Å². The number of hydrogen-bond acceptors (Lipinski definition) is 3. The highest BCUT2D eigenvalue weighted by atomic mass is 35.5. The Kier molecular flexibility index (Phi) is 2.87. The Morgan fingerprint density at radius 2 is 2.33 bits per heavy atom. The molecular formula is C10H11ClN4. The zero-order valence-corrected chi connectivity index (χ0v) is 8.99. The van der Waals surface area contributed by atoms with Gasteiger partial charge in [-0.3, -0.25) is 10.1 Å². The molecule has 2 aromatic rings. The van der Waals surface area contributed by atoms with Crippen LogP contribution in [-0.4, -0.2) is 15.2 Å². The summed E-state index contributed by atoms with van der Waals surface area (Å²) in [7, 11) is 0. The molecule has 78 valence electrons. The Balaban J connectivity index is 2.13. The molecular weight excluding hydrogens is 212 g/mol. The molecule has 0 bridgehead atoms. The van der Waals surface area contributed by atoms with Crippen molar-refractivity contribution in [2.75, 3.05) is 5.32 Å². The number of H-pyrrole nitrogens is 1. The Labute approximate surface area is 92.7 Å². The van der Waals surface area contributed by atoms with Crippen molar-refractivity contribution in [3.63, 3.8) is 0 Å². The minimum atomic E-state index is 0.156. The molecule has 1 atom stereocenters. The van der Waals surface area contributed by atoms with Gasteiger partial charge in [0.05, 0.1) is 22.9 Å². The van der Waals surface area contributed by atoms with E-state index < -0.39 is 0 Å². The molecule has 0 aliphatic rings. The lowest BCUT2D eigenvalue weighted by Crippen LogP contribution is -2.06. The first-order chi connectivity index (χ1) is 7.27. The highest BCUT2D eigenvalue weighted by molar-refractivity contribution is 6.33. The van der Waals surface area contributed by atoms with Crippen LogP contribution in [0.15, 0.2) is 30.9 Å². The molecule has 0 spiro atoms. The van der Waals surface area contributed by atoms with E-state index in [1.165, 1.54) is 0 Å². The van der Waals surface area contributed by atoms with E-state index in [0.29, 0.717) is 5.02 Å². The summed E-state index contributed by atoms with van der Waals surface area (Å²) in [5, 5.41) is 10.6. The summed E-state index contributed by atoms with van der Waals surface area (Å²) in [5.74, 6) is 0. The first-order valence-corrected chi connectivity index (χ1v) is 5.00. The van der Waals surface area contributed by atoms with Crippen LogP contribution in [0.3, 0.4) is 0 Å². The quantitative estimate of drug-likeness (QED) is 0.840. The lowest BCUT2D eigenvalue weighted by Gasteiger charge is -2.14. The smallest absolute Gasteiger partial charge is 0.0820 e. The molecule has 0 amide bonds. The van der Waals surface area contributed by atoms with E-state index in [4.69, 9.17) is 11.6 Å². The maximum absolute atomic E-state index is 5.98. The first kappa shape index (κ1) is 9.98. The minimum absolute atomic E-state index is 0.156. The largest absolute Gasteiger partial charge is 0.377 e. The van der Waals surface area contributed by atoms with Crippen LogP contribution in [-0.2, 0) is 0 Å². The van der Waals surface area contributed by atoms with Gasteiger partial charge in [0.25, 0.3) is 0 Å². The van der Waals surface area contributed by atoms with Gasteiger partial charge < -0.3 is 5.32 Å².